The number of halogens is 1. The molecule has 2 aromatic carbocycles. The van der Waals surface area contributed by atoms with E-state index in [2.05, 4.69) is 12.3 Å². The number of carbonyl (C=O) groups excluding carboxylic acids is 1. The van der Waals surface area contributed by atoms with Crippen LogP contribution in [0.4, 0.5) is 4.39 Å². The molecule has 2 aromatic rings. The van der Waals surface area contributed by atoms with Crippen LogP contribution in [-0.4, -0.2) is 38.4 Å². The molecule has 1 aliphatic rings. The lowest BCUT2D eigenvalue weighted by Crippen LogP contribution is -2.56. The zero-order valence-electron chi connectivity index (χ0n) is 16.2. The van der Waals surface area contributed by atoms with Gasteiger partial charge in [0.1, 0.15) is 29.7 Å². The summed E-state index contributed by atoms with van der Waals surface area (Å²) in [5, 5.41) is 0. The number of ether oxygens (including phenoxy) is 4. The number of amides is 1. The van der Waals surface area contributed by atoms with Gasteiger partial charge in [-0.25, -0.2) is 9.18 Å². The molecule has 0 saturated carbocycles. The number of benzene rings is 2. The molecule has 0 aliphatic carbocycles. The summed E-state index contributed by atoms with van der Waals surface area (Å²) in [7, 11) is 0. The largest absolute Gasteiger partial charge is 0.491 e. The highest BCUT2D eigenvalue weighted by Gasteiger charge is 2.15. The Bertz CT molecular complexity index is 847. The van der Waals surface area contributed by atoms with Gasteiger partial charge in [-0.15, -0.1) is 0 Å². The van der Waals surface area contributed by atoms with Crippen molar-refractivity contribution in [3.05, 3.63) is 60.2 Å². The lowest BCUT2D eigenvalue weighted by atomic mass is 10.1. The lowest BCUT2D eigenvalue weighted by molar-refractivity contribution is -0.255. The van der Waals surface area contributed by atoms with Gasteiger partial charge in [-0.2, -0.15) is 0 Å². The fraction of sp³-hybridized carbons (Fsp3) is 0.318. The second-order valence-corrected chi connectivity index (χ2v) is 6.64. The van der Waals surface area contributed by atoms with Crippen molar-refractivity contribution in [2.45, 2.75) is 18.9 Å². The number of quaternary nitrogens is 1. The first kappa shape index (κ1) is 21.0. The molecule has 29 heavy (non-hydrogen) atoms. The minimum Gasteiger partial charge on any atom is -0.491 e. The van der Waals surface area contributed by atoms with Gasteiger partial charge < -0.3 is 18.9 Å². The Hall–Kier alpha value is -2.74. The van der Waals surface area contributed by atoms with E-state index >= 15 is 0 Å². The quantitative estimate of drug-likeness (QED) is 0.651. The molecule has 0 spiro atoms. The Kier molecular flexibility index (Phi) is 7.35. The zero-order valence-corrected chi connectivity index (χ0v) is 16.2. The fourth-order valence-electron chi connectivity index (χ4n) is 2.95. The molecule has 1 aliphatic heterocycles. The highest BCUT2D eigenvalue weighted by molar-refractivity contribution is 5.87. The molecule has 3 N–H and O–H groups in total. The van der Waals surface area contributed by atoms with Crippen molar-refractivity contribution < 1.29 is 33.9 Å². The van der Waals surface area contributed by atoms with Gasteiger partial charge in [-0.05, 0) is 55.3 Å². The predicted octanol–water partition coefficient (Wildman–Crippen LogP) is 3.38. The third-order valence-corrected chi connectivity index (χ3v) is 4.52. The second kappa shape index (κ2) is 10.2. The summed E-state index contributed by atoms with van der Waals surface area (Å²) in [5.41, 5.74) is 3.87. The van der Waals surface area contributed by atoms with E-state index in [4.69, 9.17) is 18.9 Å². The molecule has 154 valence electrons. The number of rotatable bonds is 9. The molecular weight excluding hydrogens is 377 g/mol. The molecule has 0 bridgehead atoms. The first-order chi connectivity index (χ1) is 14.0. The fourth-order valence-corrected chi connectivity index (χ4v) is 2.95. The summed E-state index contributed by atoms with van der Waals surface area (Å²) in [6, 6.07) is 11.3. The predicted molar refractivity (Wildman–Crippen MR) is 106 cm³/mol. The van der Waals surface area contributed by atoms with Gasteiger partial charge in [0.15, 0.2) is 0 Å². The minimum atomic E-state index is -0.646. The van der Waals surface area contributed by atoms with E-state index in [0.29, 0.717) is 30.3 Å². The third kappa shape index (κ3) is 6.12. The average molecular weight is 402 g/mol. The molecule has 1 heterocycles. The molecule has 7 heteroatoms. The van der Waals surface area contributed by atoms with Crippen molar-refractivity contribution in [2.75, 3.05) is 26.4 Å². The van der Waals surface area contributed by atoms with Crippen molar-refractivity contribution in [1.82, 2.24) is 0 Å². The van der Waals surface area contributed by atoms with Crippen LogP contribution in [0.3, 0.4) is 0 Å². The van der Waals surface area contributed by atoms with E-state index < -0.39 is 5.83 Å². The Morgan fingerprint density at radius 3 is 2.45 bits per heavy atom. The molecule has 1 fully saturated rings. The molecule has 1 saturated heterocycles. The highest BCUT2D eigenvalue weighted by Crippen LogP contribution is 2.32. The zero-order chi connectivity index (χ0) is 20.6. The standard InChI is InChI=1S/C22H24FNO5/c1-15(23)20-7-2-16(22(24)25)14-21(20)29-19-5-3-17(4-6-19)27-12-13-28-18-8-10-26-11-9-18/h2-7,14,18H,1,8-13H2,(H2,24,25)/p+1. The maximum Gasteiger partial charge on any atom is 0.341 e. The summed E-state index contributed by atoms with van der Waals surface area (Å²) in [6.45, 7) is 5.75. The number of hydrogen-bond donors (Lipinski definition) is 1. The Labute approximate surface area is 169 Å². The molecule has 3 rings (SSSR count). The van der Waals surface area contributed by atoms with Crippen molar-refractivity contribution in [3.8, 4) is 17.2 Å². The van der Waals surface area contributed by atoms with Crippen molar-refractivity contribution in [3.63, 3.8) is 0 Å². The molecule has 0 radical (unpaired) electrons. The smallest absolute Gasteiger partial charge is 0.341 e. The molecule has 6 nitrogen and oxygen atoms in total. The van der Waals surface area contributed by atoms with Crippen LogP contribution in [-0.2, 0) is 9.47 Å². The molecule has 0 unspecified atom stereocenters. The summed E-state index contributed by atoms with van der Waals surface area (Å²) < 4.78 is 36.2. The van der Waals surface area contributed by atoms with Gasteiger partial charge in [0.05, 0.1) is 23.8 Å². The minimum absolute atomic E-state index is 0.181. The van der Waals surface area contributed by atoms with Crippen LogP contribution in [0, 0.1) is 0 Å². The van der Waals surface area contributed by atoms with Gasteiger partial charge in [-0.1, -0.05) is 6.58 Å². The molecule has 1 amide bonds. The van der Waals surface area contributed by atoms with Crippen LogP contribution >= 0.6 is 0 Å². The first-order valence-electron chi connectivity index (χ1n) is 9.48. The molecule has 0 atom stereocenters. The topological polar surface area (TPSA) is 81.6 Å². The summed E-state index contributed by atoms with van der Waals surface area (Å²) in [5.74, 6) is 0.326. The Morgan fingerprint density at radius 1 is 1.10 bits per heavy atom. The summed E-state index contributed by atoms with van der Waals surface area (Å²) >= 11 is 0. The van der Waals surface area contributed by atoms with Crippen LogP contribution in [0.5, 0.6) is 17.2 Å². The lowest BCUT2D eigenvalue weighted by Gasteiger charge is -2.22. The van der Waals surface area contributed by atoms with Gasteiger partial charge in [0.25, 0.3) is 0 Å². The second-order valence-electron chi connectivity index (χ2n) is 6.64. The first-order valence-corrected chi connectivity index (χ1v) is 9.48. The van der Waals surface area contributed by atoms with Crippen LogP contribution in [0.15, 0.2) is 49.0 Å². The highest BCUT2D eigenvalue weighted by atomic mass is 19.1. The van der Waals surface area contributed by atoms with Crippen molar-refractivity contribution >= 4 is 11.7 Å². The van der Waals surface area contributed by atoms with Crippen LogP contribution in [0.1, 0.15) is 28.8 Å². The third-order valence-electron chi connectivity index (χ3n) is 4.52. The average Bonchev–Trinajstić information content (AvgIpc) is 2.73. The summed E-state index contributed by atoms with van der Waals surface area (Å²) in [6.07, 6.45) is 2.07. The van der Waals surface area contributed by atoms with Gasteiger partial charge in [-0.3, -0.25) is 5.73 Å². The number of carbonyl (C=O) groups is 1. The van der Waals surface area contributed by atoms with Crippen LogP contribution in [0.25, 0.3) is 5.83 Å². The SMILES string of the molecule is C=C(F)c1ccc(C([NH3+])=O)cc1Oc1ccc(OCCOC2CCOCC2)cc1. The van der Waals surface area contributed by atoms with Crippen molar-refractivity contribution in [2.24, 2.45) is 0 Å². The molecular formula is C22H25FNO5+. The van der Waals surface area contributed by atoms with E-state index in [1.807, 2.05) is 0 Å². The van der Waals surface area contributed by atoms with E-state index in [1.165, 1.54) is 18.2 Å². The van der Waals surface area contributed by atoms with Crippen molar-refractivity contribution in [1.29, 1.82) is 0 Å². The van der Waals surface area contributed by atoms with E-state index in [9.17, 15) is 9.18 Å². The van der Waals surface area contributed by atoms with Crippen LogP contribution in [0.2, 0.25) is 0 Å². The maximum atomic E-state index is 13.7. The maximum absolute atomic E-state index is 13.7. The van der Waals surface area contributed by atoms with Gasteiger partial charge in [0.2, 0.25) is 0 Å². The van der Waals surface area contributed by atoms with E-state index in [1.54, 1.807) is 24.3 Å². The summed E-state index contributed by atoms with van der Waals surface area (Å²) in [4.78, 5) is 11.5. The van der Waals surface area contributed by atoms with E-state index in [0.717, 1.165) is 26.1 Å². The molecule has 0 aromatic heterocycles. The van der Waals surface area contributed by atoms with E-state index in [-0.39, 0.29) is 23.3 Å². The number of hydrogen-bond acceptors (Lipinski definition) is 5. The van der Waals surface area contributed by atoms with Crippen LogP contribution < -0.4 is 15.2 Å². The normalized spacial score (nSPS) is 14.4. The van der Waals surface area contributed by atoms with Gasteiger partial charge >= 0.3 is 5.91 Å². The monoisotopic (exact) mass is 402 g/mol. The Balaban J connectivity index is 1.55. The Morgan fingerprint density at radius 2 is 1.79 bits per heavy atom. The van der Waals surface area contributed by atoms with Gasteiger partial charge in [0, 0.05) is 13.2 Å².